The van der Waals surface area contributed by atoms with Crippen molar-refractivity contribution in [3.63, 3.8) is 0 Å². The number of carboxylic acids is 1. The summed E-state index contributed by atoms with van der Waals surface area (Å²) in [5.41, 5.74) is 0.400. The minimum atomic E-state index is -0.873. The lowest BCUT2D eigenvalue weighted by molar-refractivity contribution is -0.142. The number of fused-ring (bicyclic) bond motifs is 1. The highest BCUT2D eigenvalue weighted by molar-refractivity contribution is 6.05. The quantitative estimate of drug-likeness (QED) is 0.704. The Bertz CT molecular complexity index is 880. The van der Waals surface area contributed by atoms with Gasteiger partial charge in [0.1, 0.15) is 6.04 Å². The average Bonchev–Trinajstić information content (AvgIpc) is 3.30. The Balaban J connectivity index is 1.45. The number of carbonyl (C=O) groups is 4. The van der Waals surface area contributed by atoms with Crippen LogP contribution >= 0.6 is 0 Å². The second kappa shape index (κ2) is 8.32. The van der Waals surface area contributed by atoms with Gasteiger partial charge in [-0.15, -0.1) is 0 Å². The van der Waals surface area contributed by atoms with Crippen LogP contribution in [0.3, 0.4) is 0 Å². The molecular weight excluding hydrogens is 398 g/mol. The van der Waals surface area contributed by atoms with Gasteiger partial charge in [-0.05, 0) is 30.7 Å². The molecule has 166 valence electrons. The van der Waals surface area contributed by atoms with Gasteiger partial charge in [-0.1, -0.05) is 43.2 Å². The molecule has 1 saturated carbocycles. The van der Waals surface area contributed by atoms with Crippen LogP contribution in [0.5, 0.6) is 0 Å². The normalized spacial score (nSPS) is 23.8. The summed E-state index contributed by atoms with van der Waals surface area (Å²) < 4.78 is 0. The lowest BCUT2D eigenvalue weighted by atomic mass is 9.79. The van der Waals surface area contributed by atoms with Crippen molar-refractivity contribution >= 4 is 23.8 Å². The number of rotatable bonds is 6. The van der Waals surface area contributed by atoms with Gasteiger partial charge in [0.25, 0.3) is 5.91 Å². The lowest BCUT2D eigenvalue weighted by Crippen LogP contribution is -2.55. The van der Waals surface area contributed by atoms with E-state index in [0.717, 1.165) is 31.2 Å². The standard InChI is InChI=1S/C23H29N3O5/c1-16(17-7-3-2-4-8-17)26-21(30)18-15-24(11-12-25(18)22(26)31)19(27)13-23(14-20(28)29)9-5-6-10-23/h2-4,7-8,16,18H,5-6,9-15H2,1H3,(H,28,29)/t16-,18-/m0/s1. The molecule has 1 N–H and O–H groups in total. The Labute approximate surface area is 181 Å². The molecule has 8 heteroatoms. The van der Waals surface area contributed by atoms with Crippen molar-refractivity contribution in [3.05, 3.63) is 35.9 Å². The second-order valence-corrected chi connectivity index (χ2v) is 9.08. The third-order valence-corrected chi connectivity index (χ3v) is 7.09. The van der Waals surface area contributed by atoms with Gasteiger partial charge in [0.05, 0.1) is 19.0 Å². The summed E-state index contributed by atoms with van der Waals surface area (Å²) in [6.45, 7) is 2.68. The Hall–Kier alpha value is -2.90. The third-order valence-electron chi connectivity index (χ3n) is 7.09. The van der Waals surface area contributed by atoms with Gasteiger partial charge in [-0.3, -0.25) is 19.3 Å². The van der Waals surface area contributed by atoms with Gasteiger partial charge in [-0.2, -0.15) is 0 Å². The van der Waals surface area contributed by atoms with E-state index < -0.39 is 17.4 Å². The molecule has 0 aromatic heterocycles. The summed E-state index contributed by atoms with van der Waals surface area (Å²) in [6.07, 6.45) is 3.56. The molecule has 4 rings (SSSR count). The molecule has 1 aromatic rings. The number of hydrogen-bond donors (Lipinski definition) is 1. The molecule has 0 bridgehead atoms. The first-order chi connectivity index (χ1) is 14.8. The molecule has 2 heterocycles. The van der Waals surface area contributed by atoms with E-state index in [4.69, 9.17) is 0 Å². The van der Waals surface area contributed by atoms with E-state index >= 15 is 0 Å². The maximum absolute atomic E-state index is 13.1. The molecule has 0 unspecified atom stereocenters. The molecule has 8 nitrogen and oxygen atoms in total. The molecule has 3 aliphatic rings. The van der Waals surface area contributed by atoms with Crippen LogP contribution in [-0.4, -0.2) is 69.3 Å². The van der Waals surface area contributed by atoms with Crippen LogP contribution in [0.25, 0.3) is 0 Å². The molecule has 0 spiro atoms. The fourth-order valence-corrected chi connectivity index (χ4v) is 5.37. The van der Waals surface area contributed by atoms with Gasteiger partial charge in [0, 0.05) is 19.5 Å². The van der Waals surface area contributed by atoms with E-state index in [9.17, 15) is 24.3 Å². The lowest BCUT2D eigenvalue weighted by Gasteiger charge is -2.37. The minimum absolute atomic E-state index is 0.00190. The van der Waals surface area contributed by atoms with Crippen LogP contribution in [0.4, 0.5) is 4.79 Å². The zero-order chi connectivity index (χ0) is 22.2. The molecular formula is C23H29N3O5. The molecule has 3 fully saturated rings. The number of amides is 4. The van der Waals surface area contributed by atoms with Gasteiger partial charge in [-0.25, -0.2) is 4.79 Å². The van der Waals surface area contributed by atoms with Crippen LogP contribution < -0.4 is 0 Å². The van der Waals surface area contributed by atoms with Gasteiger partial charge < -0.3 is 14.9 Å². The van der Waals surface area contributed by atoms with Gasteiger partial charge >= 0.3 is 12.0 Å². The number of aliphatic carboxylic acids is 1. The minimum Gasteiger partial charge on any atom is -0.481 e. The molecule has 2 saturated heterocycles. The maximum Gasteiger partial charge on any atom is 0.328 e. The summed E-state index contributed by atoms with van der Waals surface area (Å²) in [7, 11) is 0. The average molecular weight is 428 g/mol. The van der Waals surface area contributed by atoms with Crippen LogP contribution in [0.1, 0.15) is 57.1 Å². The molecule has 1 aromatic carbocycles. The zero-order valence-corrected chi connectivity index (χ0v) is 17.8. The van der Waals surface area contributed by atoms with E-state index in [1.165, 1.54) is 4.90 Å². The molecule has 2 atom stereocenters. The van der Waals surface area contributed by atoms with Crippen molar-refractivity contribution in [2.45, 2.75) is 57.5 Å². The maximum atomic E-state index is 13.1. The van der Waals surface area contributed by atoms with Crippen LogP contribution in [0.15, 0.2) is 30.3 Å². The first kappa shape index (κ1) is 21.3. The van der Waals surface area contributed by atoms with E-state index in [1.54, 1.807) is 9.80 Å². The van der Waals surface area contributed by atoms with Crippen molar-refractivity contribution in [1.82, 2.24) is 14.7 Å². The smallest absolute Gasteiger partial charge is 0.328 e. The second-order valence-electron chi connectivity index (χ2n) is 9.08. The highest BCUT2D eigenvalue weighted by atomic mass is 16.4. The number of carbonyl (C=O) groups excluding carboxylic acids is 3. The van der Waals surface area contributed by atoms with E-state index in [-0.39, 0.29) is 43.3 Å². The molecule has 31 heavy (non-hydrogen) atoms. The molecule has 1 aliphatic carbocycles. The number of benzene rings is 1. The summed E-state index contributed by atoms with van der Waals surface area (Å²) in [6, 6.07) is 8.06. The van der Waals surface area contributed by atoms with E-state index in [0.29, 0.717) is 13.1 Å². The molecule has 4 amide bonds. The molecule has 2 aliphatic heterocycles. The van der Waals surface area contributed by atoms with Gasteiger partial charge in [0.15, 0.2) is 0 Å². The van der Waals surface area contributed by atoms with Crippen LogP contribution in [-0.2, 0) is 14.4 Å². The number of nitrogens with zero attached hydrogens (tertiary/aromatic N) is 3. The zero-order valence-electron chi connectivity index (χ0n) is 17.8. The number of carboxylic acid groups (broad SMARTS) is 1. The van der Waals surface area contributed by atoms with Crippen LogP contribution in [0.2, 0.25) is 0 Å². The predicted molar refractivity (Wildman–Crippen MR) is 112 cm³/mol. The fourth-order valence-electron chi connectivity index (χ4n) is 5.37. The monoisotopic (exact) mass is 427 g/mol. The van der Waals surface area contributed by atoms with E-state index in [2.05, 4.69) is 0 Å². The highest BCUT2D eigenvalue weighted by Gasteiger charge is 2.50. The van der Waals surface area contributed by atoms with Crippen LogP contribution in [0, 0.1) is 5.41 Å². The summed E-state index contributed by atoms with van der Waals surface area (Å²) in [4.78, 5) is 55.0. The number of urea groups is 1. The Morgan fingerprint density at radius 1 is 1.10 bits per heavy atom. The van der Waals surface area contributed by atoms with Crippen molar-refractivity contribution in [2.75, 3.05) is 19.6 Å². The Morgan fingerprint density at radius 3 is 2.42 bits per heavy atom. The fraction of sp³-hybridized carbons (Fsp3) is 0.565. The Kier molecular flexibility index (Phi) is 5.73. The van der Waals surface area contributed by atoms with Gasteiger partial charge in [0.2, 0.25) is 5.91 Å². The van der Waals surface area contributed by atoms with E-state index in [1.807, 2.05) is 37.3 Å². The predicted octanol–water partition coefficient (Wildman–Crippen LogP) is 2.65. The topological polar surface area (TPSA) is 98.2 Å². The first-order valence-corrected chi connectivity index (χ1v) is 11.0. The number of piperazine rings is 1. The molecule has 0 radical (unpaired) electrons. The van der Waals surface area contributed by atoms with Crippen molar-refractivity contribution in [1.29, 1.82) is 0 Å². The number of imide groups is 1. The summed E-state index contributed by atoms with van der Waals surface area (Å²) in [5, 5.41) is 9.31. The number of hydrogen-bond acceptors (Lipinski definition) is 4. The van der Waals surface area contributed by atoms with Crippen molar-refractivity contribution in [3.8, 4) is 0 Å². The Morgan fingerprint density at radius 2 is 1.77 bits per heavy atom. The van der Waals surface area contributed by atoms with Crippen molar-refractivity contribution in [2.24, 2.45) is 5.41 Å². The first-order valence-electron chi connectivity index (χ1n) is 11.0. The third kappa shape index (κ3) is 4.03. The SMILES string of the molecule is C[C@@H](c1ccccc1)N1C(=O)[C@@H]2CN(C(=O)CC3(CC(=O)O)CCCC3)CCN2C1=O. The summed E-state index contributed by atoms with van der Waals surface area (Å²) >= 11 is 0. The summed E-state index contributed by atoms with van der Waals surface area (Å²) in [5.74, 6) is -1.26. The largest absolute Gasteiger partial charge is 0.481 e. The van der Waals surface area contributed by atoms with Crippen molar-refractivity contribution < 1.29 is 24.3 Å². The highest BCUT2D eigenvalue weighted by Crippen LogP contribution is 2.44.